The monoisotopic (exact) mass is 884 g/mol. The maximum absolute atomic E-state index is 5.31. The molecular weight excluding hydrogens is 837 g/mol. The normalized spacial score (nSPS) is 11.4. The summed E-state index contributed by atoms with van der Waals surface area (Å²) in [7, 11) is 0. The molecule has 5 aromatic carbocycles. The van der Waals surface area contributed by atoms with Crippen LogP contribution in [0.2, 0.25) is 0 Å². The highest BCUT2D eigenvalue weighted by atomic mass is 15.0. The third-order valence-corrected chi connectivity index (χ3v) is 12.2. The van der Waals surface area contributed by atoms with E-state index in [2.05, 4.69) is 153 Å². The number of H-pyrrole nitrogens is 2. The van der Waals surface area contributed by atoms with Gasteiger partial charge in [-0.05, 0) is 102 Å². The fraction of sp³-hybridized carbons (Fsp3) is 0.103. The first-order valence-corrected chi connectivity index (χ1v) is 22.9. The molecule has 0 bridgehead atoms. The highest BCUT2D eigenvalue weighted by Crippen LogP contribution is 2.39. The number of aromatic amines is 2. The summed E-state index contributed by atoms with van der Waals surface area (Å²) in [6, 6.07) is 58.7. The molecule has 0 saturated heterocycles. The number of benzene rings is 5. The van der Waals surface area contributed by atoms with Crippen molar-refractivity contribution in [1.82, 2.24) is 50.5 Å². The lowest BCUT2D eigenvalue weighted by atomic mass is 9.95. The van der Waals surface area contributed by atoms with Crippen LogP contribution in [0.15, 0.2) is 182 Å². The Hall–Kier alpha value is -8.44. The summed E-state index contributed by atoms with van der Waals surface area (Å²) in [5.41, 5.74) is 17.3. The maximum Gasteiger partial charge on any atom is 0.121 e. The third kappa shape index (κ3) is 8.93. The Morgan fingerprint density at radius 2 is 1.10 bits per heavy atom. The number of pyridine rings is 4. The van der Waals surface area contributed by atoms with E-state index in [9.17, 15) is 0 Å². The zero-order valence-electron chi connectivity index (χ0n) is 37.8. The van der Waals surface area contributed by atoms with Crippen LogP contribution in [0, 0.1) is 13.8 Å². The molecule has 10 nitrogen and oxygen atoms in total. The van der Waals surface area contributed by atoms with Gasteiger partial charge in [0.1, 0.15) is 23.0 Å². The van der Waals surface area contributed by atoms with Gasteiger partial charge in [0.25, 0.3) is 0 Å². The van der Waals surface area contributed by atoms with Crippen molar-refractivity contribution >= 4 is 21.8 Å². The van der Waals surface area contributed by atoms with Crippen molar-refractivity contribution in [2.75, 3.05) is 0 Å². The van der Waals surface area contributed by atoms with Gasteiger partial charge in [-0.25, -0.2) is 9.97 Å². The van der Waals surface area contributed by atoms with Gasteiger partial charge >= 0.3 is 0 Å². The van der Waals surface area contributed by atoms with Gasteiger partial charge in [-0.1, -0.05) is 109 Å². The van der Waals surface area contributed by atoms with Gasteiger partial charge < -0.3 is 20.6 Å². The molecule has 0 aliphatic rings. The molecule has 330 valence electrons. The number of rotatable bonds is 14. The van der Waals surface area contributed by atoms with E-state index in [-0.39, 0.29) is 0 Å². The smallest absolute Gasteiger partial charge is 0.121 e. The van der Waals surface area contributed by atoms with Gasteiger partial charge in [0.05, 0.1) is 46.9 Å². The average molecular weight is 885 g/mol. The molecule has 68 heavy (non-hydrogen) atoms. The average Bonchev–Trinajstić information content (AvgIpc) is 4.02. The summed E-state index contributed by atoms with van der Waals surface area (Å²) in [5.74, 6) is 1.63. The number of nitrogens with zero attached hydrogens (tertiary/aromatic N) is 6. The molecule has 4 N–H and O–H groups in total. The number of hydrogen-bond acceptors (Lipinski definition) is 8. The quantitative estimate of drug-likeness (QED) is 0.0848. The topological polar surface area (TPSA) is 133 Å². The van der Waals surface area contributed by atoms with Crippen LogP contribution >= 0.6 is 0 Å². The third-order valence-electron chi connectivity index (χ3n) is 12.2. The summed E-state index contributed by atoms with van der Waals surface area (Å²) in [6.07, 6.45) is 3.68. The van der Waals surface area contributed by atoms with E-state index in [0.29, 0.717) is 19.6 Å². The lowest BCUT2D eigenvalue weighted by Gasteiger charge is -2.13. The van der Waals surface area contributed by atoms with Gasteiger partial charge in [0.15, 0.2) is 0 Å². The van der Waals surface area contributed by atoms with Crippen LogP contribution in [0.25, 0.3) is 89.4 Å². The summed E-state index contributed by atoms with van der Waals surface area (Å²) < 4.78 is 0. The summed E-state index contributed by atoms with van der Waals surface area (Å²) >= 11 is 0. The molecule has 0 amide bonds. The molecule has 0 unspecified atom stereocenters. The Morgan fingerprint density at radius 3 is 1.91 bits per heavy atom. The Kier molecular flexibility index (Phi) is 11.7. The molecule has 11 rings (SSSR count). The Labute approximate surface area is 394 Å². The fourth-order valence-corrected chi connectivity index (χ4v) is 9.02. The number of hydrogen-bond donors (Lipinski definition) is 4. The van der Waals surface area contributed by atoms with Crippen LogP contribution in [-0.2, 0) is 26.2 Å². The van der Waals surface area contributed by atoms with Gasteiger partial charge in [-0.3, -0.25) is 19.9 Å². The van der Waals surface area contributed by atoms with Crippen molar-refractivity contribution in [3.05, 3.63) is 216 Å². The first kappa shape index (κ1) is 42.2. The van der Waals surface area contributed by atoms with Crippen molar-refractivity contribution in [3.8, 4) is 67.5 Å². The second-order valence-electron chi connectivity index (χ2n) is 17.1. The van der Waals surface area contributed by atoms with Gasteiger partial charge in [0.2, 0.25) is 0 Å². The van der Waals surface area contributed by atoms with Crippen molar-refractivity contribution < 1.29 is 0 Å². The molecule has 0 aliphatic carbocycles. The van der Waals surface area contributed by atoms with E-state index in [1.165, 1.54) is 22.3 Å². The van der Waals surface area contributed by atoms with Crippen LogP contribution in [0.1, 0.15) is 34.2 Å². The molecule has 10 heteroatoms. The van der Waals surface area contributed by atoms with Crippen molar-refractivity contribution in [3.63, 3.8) is 0 Å². The van der Waals surface area contributed by atoms with E-state index in [1.807, 2.05) is 68.7 Å². The van der Waals surface area contributed by atoms with Crippen LogP contribution in [0.4, 0.5) is 0 Å². The minimum absolute atomic E-state index is 0.520. The number of fused-ring (bicyclic) bond motifs is 2. The molecule has 11 aromatic rings. The Morgan fingerprint density at radius 1 is 0.426 bits per heavy atom. The molecule has 0 radical (unpaired) electrons. The SMILES string of the molecule is Cc1cccc(-c2nc(CNCc3ccccc3)[nH]c2-c2cc(-c3cc(C)nc(-c4nc(CNCc5ccccc5-c5ccccc5)[nH]c4-c4ccc5ncccc5c4)c3)c3ncccc3c2)n1. The van der Waals surface area contributed by atoms with E-state index in [4.69, 9.17) is 24.9 Å². The maximum atomic E-state index is 5.31. The molecule has 0 spiro atoms. The van der Waals surface area contributed by atoms with Gasteiger partial charge in [0, 0.05) is 64.3 Å². The summed E-state index contributed by atoms with van der Waals surface area (Å²) in [6.45, 7) is 6.52. The van der Waals surface area contributed by atoms with E-state index in [1.54, 1.807) is 0 Å². The van der Waals surface area contributed by atoms with Crippen LogP contribution in [0.5, 0.6) is 0 Å². The summed E-state index contributed by atoms with van der Waals surface area (Å²) in [4.78, 5) is 37.6. The van der Waals surface area contributed by atoms with Crippen molar-refractivity contribution in [2.24, 2.45) is 0 Å². The zero-order chi connectivity index (χ0) is 45.8. The van der Waals surface area contributed by atoms with Crippen molar-refractivity contribution in [1.29, 1.82) is 0 Å². The Bertz CT molecular complexity index is 3560. The lowest BCUT2D eigenvalue weighted by Crippen LogP contribution is -2.14. The summed E-state index contributed by atoms with van der Waals surface area (Å²) in [5, 5.41) is 9.31. The number of imidazole rings is 2. The standard InChI is InChI=1S/C58H48N10/c1-37-14-11-23-50(63-37)57-56(66-52(67-57)35-59-33-39-15-5-3-6-16-39)46-30-42-21-13-27-62-54(42)48(31-46)45-28-38(2)64-51(32-45)58-55(43-24-25-49-41(29-43)20-12-26-61-49)65-53(68-58)36-60-34-44-19-9-10-22-47(44)40-17-7-4-8-18-40/h3-32,59-60H,33-36H2,1-2H3,(H,65,68)(H,66,67). The molecule has 0 fully saturated rings. The van der Waals surface area contributed by atoms with Crippen molar-refractivity contribution in [2.45, 2.75) is 40.0 Å². The van der Waals surface area contributed by atoms with Gasteiger partial charge in [-0.2, -0.15) is 0 Å². The van der Waals surface area contributed by atoms with Gasteiger partial charge in [-0.15, -0.1) is 0 Å². The minimum atomic E-state index is 0.520. The Balaban J connectivity index is 0.984. The van der Waals surface area contributed by atoms with Crippen LogP contribution in [-0.4, -0.2) is 39.9 Å². The number of aromatic nitrogens is 8. The van der Waals surface area contributed by atoms with Crippen LogP contribution in [0.3, 0.4) is 0 Å². The first-order valence-electron chi connectivity index (χ1n) is 22.9. The molecule has 6 heterocycles. The molecule has 0 saturated carbocycles. The molecular formula is C58H48N10. The van der Waals surface area contributed by atoms with E-state index in [0.717, 1.165) is 108 Å². The number of nitrogens with one attached hydrogen (secondary N) is 4. The zero-order valence-corrected chi connectivity index (χ0v) is 37.8. The molecule has 0 atom stereocenters. The second-order valence-corrected chi connectivity index (χ2v) is 17.1. The number of aryl methyl sites for hydroxylation is 2. The predicted molar refractivity (Wildman–Crippen MR) is 273 cm³/mol. The molecule has 0 aliphatic heterocycles. The minimum Gasteiger partial charge on any atom is -0.340 e. The van der Waals surface area contributed by atoms with Crippen LogP contribution < -0.4 is 10.6 Å². The molecule has 6 aromatic heterocycles. The predicted octanol–water partition coefficient (Wildman–Crippen LogP) is 12.2. The first-order chi connectivity index (χ1) is 33.5. The highest BCUT2D eigenvalue weighted by Gasteiger charge is 2.21. The van der Waals surface area contributed by atoms with E-state index >= 15 is 0 Å². The largest absolute Gasteiger partial charge is 0.340 e. The fourth-order valence-electron chi connectivity index (χ4n) is 9.02. The lowest BCUT2D eigenvalue weighted by molar-refractivity contribution is 0.669. The second kappa shape index (κ2) is 18.8. The van der Waals surface area contributed by atoms with E-state index < -0.39 is 0 Å². The highest BCUT2D eigenvalue weighted by molar-refractivity contribution is 5.99.